The van der Waals surface area contributed by atoms with Crippen LogP contribution in [0.3, 0.4) is 0 Å². The van der Waals surface area contributed by atoms with E-state index in [-0.39, 0.29) is 0 Å². The molecule has 0 unspecified atom stereocenters. The van der Waals surface area contributed by atoms with Crippen LogP contribution in [0.15, 0.2) is 22.7 Å². The molecule has 1 aliphatic heterocycles. The number of morpholine rings is 1. The molecule has 15 heavy (non-hydrogen) atoms. The predicted molar refractivity (Wildman–Crippen MR) is 62.9 cm³/mol. The van der Waals surface area contributed by atoms with E-state index in [4.69, 9.17) is 4.74 Å². The van der Waals surface area contributed by atoms with E-state index in [0.717, 1.165) is 17.4 Å². The number of benzene rings is 1. The Labute approximate surface area is 98.1 Å². The van der Waals surface area contributed by atoms with Gasteiger partial charge in [0.2, 0.25) is 0 Å². The number of halogens is 1. The summed E-state index contributed by atoms with van der Waals surface area (Å²) in [4.78, 5) is 0. The predicted octanol–water partition coefficient (Wildman–Crippen LogP) is 2.42. The summed E-state index contributed by atoms with van der Waals surface area (Å²) in [5.41, 5.74) is 2.83. The molecule has 3 rings (SSSR count). The second-order valence-electron chi connectivity index (χ2n) is 4.42. The van der Waals surface area contributed by atoms with Crippen LogP contribution in [-0.4, -0.2) is 18.8 Å². The lowest BCUT2D eigenvalue weighted by atomic mass is 10.1. The molecule has 1 aliphatic carbocycles. The maximum absolute atomic E-state index is 5.95. The van der Waals surface area contributed by atoms with E-state index in [0.29, 0.717) is 18.2 Å². The summed E-state index contributed by atoms with van der Waals surface area (Å²) in [5.74, 6) is 0. The molecule has 0 bridgehead atoms. The monoisotopic (exact) mass is 267 g/mol. The van der Waals surface area contributed by atoms with Gasteiger partial charge in [-0.1, -0.05) is 22.0 Å². The summed E-state index contributed by atoms with van der Waals surface area (Å²) >= 11 is 3.51. The van der Waals surface area contributed by atoms with Crippen molar-refractivity contribution in [2.45, 2.75) is 31.6 Å². The van der Waals surface area contributed by atoms with Gasteiger partial charge in [-0.25, -0.2) is 0 Å². The lowest BCUT2D eigenvalue weighted by molar-refractivity contribution is -0.0468. The van der Waals surface area contributed by atoms with Gasteiger partial charge in [-0.3, -0.25) is 0 Å². The van der Waals surface area contributed by atoms with Crippen molar-refractivity contribution in [2.75, 3.05) is 6.54 Å². The molecule has 1 heterocycles. The van der Waals surface area contributed by atoms with Crippen molar-refractivity contribution in [1.29, 1.82) is 0 Å². The molecule has 2 nitrogen and oxygen atoms in total. The minimum Gasteiger partial charge on any atom is -0.372 e. The van der Waals surface area contributed by atoms with Gasteiger partial charge in [0.25, 0.3) is 0 Å². The maximum Gasteiger partial charge on any atom is 0.0814 e. The van der Waals surface area contributed by atoms with E-state index in [2.05, 4.69) is 46.4 Å². The van der Waals surface area contributed by atoms with Crippen LogP contribution in [0.4, 0.5) is 0 Å². The lowest BCUT2D eigenvalue weighted by Crippen LogP contribution is -2.44. The Morgan fingerprint density at radius 1 is 1.47 bits per heavy atom. The summed E-state index contributed by atoms with van der Waals surface area (Å²) in [6.45, 7) is 3.08. The molecule has 1 N–H and O–H groups in total. The first-order valence-corrected chi connectivity index (χ1v) is 6.20. The van der Waals surface area contributed by atoms with Crippen LogP contribution in [0.1, 0.15) is 24.1 Å². The zero-order valence-electron chi connectivity index (χ0n) is 8.66. The molecule has 3 heteroatoms. The zero-order valence-corrected chi connectivity index (χ0v) is 10.3. The fourth-order valence-electron chi connectivity index (χ4n) is 2.60. The highest BCUT2D eigenvalue weighted by Crippen LogP contribution is 2.37. The van der Waals surface area contributed by atoms with E-state index < -0.39 is 0 Å². The summed E-state index contributed by atoms with van der Waals surface area (Å²) < 4.78 is 7.11. The highest BCUT2D eigenvalue weighted by Gasteiger charge is 2.36. The van der Waals surface area contributed by atoms with Crippen molar-refractivity contribution >= 4 is 15.9 Å². The van der Waals surface area contributed by atoms with Gasteiger partial charge >= 0.3 is 0 Å². The number of nitrogens with one attached hydrogen (secondary N) is 1. The van der Waals surface area contributed by atoms with Gasteiger partial charge in [0, 0.05) is 17.4 Å². The van der Waals surface area contributed by atoms with Crippen molar-refractivity contribution < 1.29 is 4.74 Å². The van der Waals surface area contributed by atoms with Crippen LogP contribution < -0.4 is 5.32 Å². The highest BCUT2D eigenvalue weighted by atomic mass is 79.9. The highest BCUT2D eigenvalue weighted by molar-refractivity contribution is 9.10. The quantitative estimate of drug-likeness (QED) is 0.780. The Balaban J connectivity index is 1.95. The summed E-state index contributed by atoms with van der Waals surface area (Å²) in [5, 5.41) is 3.57. The van der Waals surface area contributed by atoms with Gasteiger partial charge < -0.3 is 10.1 Å². The van der Waals surface area contributed by atoms with Crippen LogP contribution in [0.5, 0.6) is 0 Å². The smallest absolute Gasteiger partial charge is 0.0814 e. The number of rotatable bonds is 0. The summed E-state index contributed by atoms with van der Waals surface area (Å²) in [6, 6.07) is 6.94. The molecule has 1 aromatic carbocycles. The molecule has 0 spiro atoms. The maximum atomic E-state index is 5.95. The molecule has 0 radical (unpaired) electrons. The normalized spacial score (nSPS) is 33.6. The van der Waals surface area contributed by atoms with Gasteiger partial charge in [0.1, 0.15) is 0 Å². The Morgan fingerprint density at radius 2 is 2.33 bits per heavy atom. The third-order valence-corrected chi connectivity index (χ3v) is 3.76. The van der Waals surface area contributed by atoms with Crippen molar-refractivity contribution in [3.63, 3.8) is 0 Å². The first-order chi connectivity index (χ1) is 7.24. The molecule has 3 atom stereocenters. The Hall–Kier alpha value is -0.380. The fourth-order valence-corrected chi connectivity index (χ4v) is 3.01. The SMILES string of the molecule is C[C@@H]1CN[C@H]2c3ccc(Br)cc3C[C@H]2O1. The van der Waals surface area contributed by atoms with Gasteiger partial charge in [-0.15, -0.1) is 0 Å². The summed E-state index contributed by atoms with van der Waals surface area (Å²) in [7, 11) is 0. The van der Waals surface area contributed by atoms with Crippen LogP contribution in [0, 0.1) is 0 Å². The average Bonchev–Trinajstić information content (AvgIpc) is 2.53. The number of hydrogen-bond donors (Lipinski definition) is 1. The largest absolute Gasteiger partial charge is 0.372 e. The van der Waals surface area contributed by atoms with Crippen molar-refractivity contribution in [3.8, 4) is 0 Å². The van der Waals surface area contributed by atoms with Gasteiger partial charge in [0.05, 0.1) is 18.2 Å². The summed E-state index contributed by atoms with van der Waals surface area (Å²) in [6.07, 6.45) is 1.71. The second kappa shape index (κ2) is 3.58. The van der Waals surface area contributed by atoms with Crippen molar-refractivity contribution in [2.24, 2.45) is 0 Å². The number of ether oxygens (including phenoxy) is 1. The number of hydrogen-bond acceptors (Lipinski definition) is 2. The van der Waals surface area contributed by atoms with Crippen molar-refractivity contribution in [3.05, 3.63) is 33.8 Å². The zero-order chi connectivity index (χ0) is 10.4. The Morgan fingerprint density at radius 3 is 3.20 bits per heavy atom. The van der Waals surface area contributed by atoms with Crippen LogP contribution in [0.25, 0.3) is 0 Å². The number of fused-ring (bicyclic) bond motifs is 3. The minimum absolute atomic E-state index is 0.332. The second-order valence-corrected chi connectivity index (χ2v) is 5.33. The molecule has 1 aromatic rings. The van der Waals surface area contributed by atoms with E-state index in [1.165, 1.54) is 11.1 Å². The van der Waals surface area contributed by atoms with E-state index in [9.17, 15) is 0 Å². The molecular weight excluding hydrogens is 254 g/mol. The van der Waals surface area contributed by atoms with E-state index in [1.54, 1.807) is 0 Å². The Bertz CT molecular complexity index is 393. The molecule has 1 saturated heterocycles. The molecule has 80 valence electrons. The van der Waals surface area contributed by atoms with E-state index >= 15 is 0 Å². The van der Waals surface area contributed by atoms with Crippen molar-refractivity contribution in [1.82, 2.24) is 5.32 Å². The topological polar surface area (TPSA) is 21.3 Å². The fraction of sp³-hybridized carbons (Fsp3) is 0.500. The van der Waals surface area contributed by atoms with Crippen LogP contribution in [0.2, 0.25) is 0 Å². The van der Waals surface area contributed by atoms with Crippen LogP contribution >= 0.6 is 15.9 Å². The molecule has 0 saturated carbocycles. The Kier molecular flexibility index (Phi) is 2.34. The van der Waals surface area contributed by atoms with E-state index in [1.807, 2.05) is 0 Å². The third kappa shape index (κ3) is 1.63. The minimum atomic E-state index is 0.332. The average molecular weight is 268 g/mol. The molecular formula is C12H14BrNO. The first-order valence-electron chi connectivity index (χ1n) is 5.41. The standard InChI is InChI=1S/C12H14BrNO/c1-7-6-14-12-10-3-2-9(13)4-8(10)5-11(12)15-7/h2-4,7,11-12,14H,5-6H2,1H3/t7-,11-,12+/m1/s1. The first kappa shape index (κ1) is 9.82. The molecule has 0 amide bonds. The van der Waals surface area contributed by atoms with Gasteiger partial charge in [-0.05, 0) is 30.2 Å². The molecule has 0 aromatic heterocycles. The van der Waals surface area contributed by atoms with Gasteiger partial charge in [0.15, 0.2) is 0 Å². The lowest BCUT2D eigenvalue weighted by Gasteiger charge is -2.32. The molecule has 1 fully saturated rings. The third-order valence-electron chi connectivity index (χ3n) is 3.27. The molecule has 2 aliphatic rings. The van der Waals surface area contributed by atoms with Gasteiger partial charge in [-0.2, -0.15) is 0 Å². The van der Waals surface area contributed by atoms with Crippen LogP contribution in [-0.2, 0) is 11.2 Å².